The number of rotatable bonds is 2. The lowest BCUT2D eigenvalue weighted by atomic mass is 10.1. The molecule has 0 bridgehead atoms. The summed E-state index contributed by atoms with van der Waals surface area (Å²) in [5.41, 5.74) is 6.34. The van der Waals surface area contributed by atoms with E-state index in [1.54, 1.807) is 0 Å². The number of anilines is 1. The van der Waals surface area contributed by atoms with Gasteiger partial charge in [0.25, 0.3) is 0 Å². The quantitative estimate of drug-likeness (QED) is 0.915. The lowest BCUT2D eigenvalue weighted by molar-refractivity contribution is 0.736. The Morgan fingerprint density at radius 3 is 2.76 bits per heavy atom. The van der Waals surface area contributed by atoms with Crippen LogP contribution in [-0.4, -0.2) is 23.1 Å². The highest BCUT2D eigenvalue weighted by atomic mass is 15.1. The van der Waals surface area contributed by atoms with Crippen molar-refractivity contribution in [2.75, 3.05) is 18.0 Å². The maximum Gasteiger partial charge on any atom is 0.0661 e. The number of aromatic nitrogens is 2. The Hall–Kier alpha value is -2.20. The normalized spacial score (nSPS) is 17.5. The summed E-state index contributed by atoms with van der Waals surface area (Å²) in [4.78, 5) is 11.2. The highest BCUT2D eigenvalue weighted by molar-refractivity contribution is 5.65. The number of nitrogens with one attached hydrogen (secondary N) is 1. The van der Waals surface area contributed by atoms with Crippen molar-refractivity contribution >= 4 is 11.3 Å². The minimum atomic E-state index is 0.927. The molecule has 2 aliphatic rings. The number of fused-ring (bicyclic) bond motifs is 1. The van der Waals surface area contributed by atoms with Crippen molar-refractivity contribution in [1.82, 2.24) is 15.3 Å². The van der Waals surface area contributed by atoms with E-state index in [0.29, 0.717) is 0 Å². The molecule has 4 nitrogen and oxygen atoms in total. The highest BCUT2D eigenvalue weighted by Gasteiger charge is 2.19. The molecule has 2 aromatic rings. The summed E-state index contributed by atoms with van der Waals surface area (Å²) in [6.45, 7) is 3.87. The second-order valence-electron chi connectivity index (χ2n) is 5.59. The minimum absolute atomic E-state index is 0.927. The van der Waals surface area contributed by atoms with Gasteiger partial charge in [-0.05, 0) is 47.9 Å². The summed E-state index contributed by atoms with van der Waals surface area (Å²) in [6.07, 6.45) is 9.14. The summed E-state index contributed by atoms with van der Waals surface area (Å²) in [6, 6.07) is 6.44. The molecule has 4 rings (SSSR count). The van der Waals surface area contributed by atoms with Crippen LogP contribution in [0.25, 0.3) is 5.57 Å². The van der Waals surface area contributed by atoms with Crippen LogP contribution in [0.3, 0.4) is 0 Å². The molecule has 0 amide bonds. The van der Waals surface area contributed by atoms with Gasteiger partial charge in [-0.2, -0.15) is 0 Å². The summed E-state index contributed by atoms with van der Waals surface area (Å²) in [5, 5.41) is 3.33. The average molecular weight is 278 g/mol. The van der Waals surface area contributed by atoms with Crippen molar-refractivity contribution in [1.29, 1.82) is 0 Å². The van der Waals surface area contributed by atoms with Gasteiger partial charge in [0.15, 0.2) is 0 Å². The van der Waals surface area contributed by atoms with Crippen molar-refractivity contribution < 1.29 is 0 Å². The molecule has 0 saturated heterocycles. The zero-order valence-electron chi connectivity index (χ0n) is 11.9. The van der Waals surface area contributed by atoms with Crippen LogP contribution in [0.1, 0.15) is 23.2 Å². The van der Waals surface area contributed by atoms with Crippen molar-refractivity contribution in [3.05, 3.63) is 59.7 Å². The van der Waals surface area contributed by atoms with Gasteiger partial charge in [-0.1, -0.05) is 6.08 Å². The van der Waals surface area contributed by atoms with Crippen LogP contribution in [0.5, 0.6) is 0 Å². The lowest BCUT2D eigenvalue weighted by Gasteiger charge is -2.18. The maximum atomic E-state index is 4.66. The van der Waals surface area contributed by atoms with Gasteiger partial charge in [-0.15, -0.1) is 0 Å². The van der Waals surface area contributed by atoms with Gasteiger partial charge >= 0.3 is 0 Å². The molecule has 0 fully saturated rings. The molecule has 106 valence electrons. The zero-order valence-corrected chi connectivity index (χ0v) is 11.9. The first-order valence-electron chi connectivity index (χ1n) is 7.43. The number of nitrogens with zero attached hydrogens (tertiary/aromatic N) is 3. The third-order valence-corrected chi connectivity index (χ3v) is 4.23. The number of hydrogen-bond donors (Lipinski definition) is 1. The summed E-state index contributed by atoms with van der Waals surface area (Å²) >= 11 is 0. The largest absolute Gasteiger partial charge is 0.362 e. The van der Waals surface area contributed by atoms with Crippen molar-refractivity contribution in [3.8, 4) is 0 Å². The van der Waals surface area contributed by atoms with Gasteiger partial charge in [0.1, 0.15) is 0 Å². The first-order valence-corrected chi connectivity index (χ1v) is 7.43. The fraction of sp³-hybridized carbons (Fsp3) is 0.294. The summed E-state index contributed by atoms with van der Waals surface area (Å²) in [5.74, 6) is 0. The van der Waals surface area contributed by atoms with Gasteiger partial charge in [0.2, 0.25) is 0 Å². The Balaban J connectivity index is 1.54. The van der Waals surface area contributed by atoms with E-state index in [4.69, 9.17) is 0 Å². The molecule has 0 saturated carbocycles. The molecule has 2 aliphatic heterocycles. The average Bonchev–Trinajstić information content (AvgIpc) is 3.00. The third-order valence-electron chi connectivity index (χ3n) is 4.23. The van der Waals surface area contributed by atoms with Gasteiger partial charge < -0.3 is 10.2 Å². The highest BCUT2D eigenvalue weighted by Crippen LogP contribution is 2.28. The van der Waals surface area contributed by atoms with Crippen LogP contribution in [0.2, 0.25) is 0 Å². The topological polar surface area (TPSA) is 41.1 Å². The predicted molar refractivity (Wildman–Crippen MR) is 83.8 cm³/mol. The van der Waals surface area contributed by atoms with Crippen molar-refractivity contribution in [2.24, 2.45) is 0 Å². The first-order chi connectivity index (χ1) is 10.4. The molecule has 0 aromatic carbocycles. The molecule has 0 unspecified atom stereocenters. The molecular formula is C17H18N4. The first kappa shape index (κ1) is 12.5. The van der Waals surface area contributed by atoms with Crippen LogP contribution in [0.4, 0.5) is 5.69 Å². The molecule has 1 N–H and O–H groups in total. The molecule has 0 radical (unpaired) electrons. The molecule has 4 heterocycles. The molecule has 21 heavy (non-hydrogen) atoms. The van der Waals surface area contributed by atoms with Crippen LogP contribution in [0, 0.1) is 0 Å². The van der Waals surface area contributed by atoms with Crippen LogP contribution >= 0.6 is 0 Å². The van der Waals surface area contributed by atoms with Crippen molar-refractivity contribution in [3.63, 3.8) is 0 Å². The fourth-order valence-corrected chi connectivity index (χ4v) is 3.02. The lowest BCUT2D eigenvalue weighted by Crippen LogP contribution is -2.20. The van der Waals surface area contributed by atoms with E-state index in [2.05, 4.69) is 44.5 Å². The second kappa shape index (κ2) is 5.30. The Morgan fingerprint density at radius 2 is 2.00 bits per heavy atom. The van der Waals surface area contributed by atoms with E-state index < -0.39 is 0 Å². The second-order valence-corrected chi connectivity index (χ2v) is 5.59. The van der Waals surface area contributed by atoms with E-state index in [0.717, 1.165) is 38.3 Å². The summed E-state index contributed by atoms with van der Waals surface area (Å²) < 4.78 is 0. The minimum Gasteiger partial charge on any atom is -0.362 e. The monoisotopic (exact) mass is 278 g/mol. The zero-order chi connectivity index (χ0) is 14.1. The maximum absolute atomic E-state index is 4.66. The fourth-order valence-electron chi connectivity index (χ4n) is 3.02. The smallest absolute Gasteiger partial charge is 0.0661 e. The molecule has 2 aromatic heterocycles. The van der Waals surface area contributed by atoms with E-state index in [1.165, 1.54) is 22.4 Å². The summed E-state index contributed by atoms with van der Waals surface area (Å²) in [7, 11) is 0. The molecule has 0 spiro atoms. The Bertz CT molecular complexity index is 650. The third kappa shape index (κ3) is 2.43. The predicted octanol–water partition coefficient (Wildman–Crippen LogP) is 2.37. The molecule has 4 heteroatoms. The van der Waals surface area contributed by atoms with E-state index in [9.17, 15) is 0 Å². The van der Waals surface area contributed by atoms with E-state index in [-0.39, 0.29) is 0 Å². The van der Waals surface area contributed by atoms with E-state index in [1.807, 2.05) is 18.6 Å². The number of pyridine rings is 2. The van der Waals surface area contributed by atoms with Crippen LogP contribution in [0.15, 0.2) is 42.9 Å². The SMILES string of the molecule is C1=C(c2ccc(N3Cc4ccncc4C3)cn2)CCNC1. The van der Waals surface area contributed by atoms with Gasteiger partial charge in [-0.3, -0.25) is 9.97 Å². The Morgan fingerprint density at radius 1 is 1.05 bits per heavy atom. The van der Waals surface area contributed by atoms with Gasteiger partial charge in [0, 0.05) is 32.0 Å². The standard InChI is InChI=1S/C17H18N4/c1-2-17(13-3-6-18-7-4-13)20-10-16(1)21-11-14-5-8-19-9-15(14)12-21/h1-3,5,8-10,18H,4,6-7,11-12H2. The van der Waals surface area contributed by atoms with E-state index >= 15 is 0 Å². The molecular weight excluding hydrogens is 260 g/mol. The van der Waals surface area contributed by atoms with Crippen LogP contribution < -0.4 is 10.2 Å². The molecule has 0 aliphatic carbocycles. The van der Waals surface area contributed by atoms with Crippen LogP contribution in [-0.2, 0) is 13.1 Å². The van der Waals surface area contributed by atoms with Gasteiger partial charge in [-0.25, -0.2) is 0 Å². The molecule has 0 atom stereocenters. The number of hydrogen-bond acceptors (Lipinski definition) is 4. The Kier molecular flexibility index (Phi) is 3.16. The van der Waals surface area contributed by atoms with Crippen molar-refractivity contribution in [2.45, 2.75) is 19.5 Å². The van der Waals surface area contributed by atoms with Gasteiger partial charge in [0.05, 0.1) is 17.6 Å². The Labute approximate surface area is 124 Å².